The summed E-state index contributed by atoms with van der Waals surface area (Å²) in [7, 11) is 0. The summed E-state index contributed by atoms with van der Waals surface area (Å²) in [5, 5.41) is 0.606. The van der Waals surface area contributed by atoms with Gasteiger partial charge in [0.15, 0.2) is 0 Å². The van der Waals surface area contributed by atoms with Gasteiger partial charge in [-0.3, -0.25) is 9.69 Å². The molecule has 0 saturated heterocycles. The first-order valence-electron chi connectivity index (χ1n) is 8.91. The molecule has 0 saturated carbocycles. The first-order chi connectivity index (χ1) is 12.2. The Balaban J connectivity index is 1.83. The van der Waals surface area contributed by atoms with Crippen molar-refractivity contribution in [2.45, 2.75) is 59.2 Å². The van der Waals surface area contributed by atoms with Gasteiger partial charge in [0.2, 0.25) is 5.89 Å². The monoisotopic (exact) mass is 354 g/mol. The number of hydrogen-bond acceptors (Lipinski definition) is 5. The molecular formula is C20H26N4O2. The summed E-state index contributed by atoms with van der Waals surface area (Å²) in [5.74, 6) is 2.19. The lowest BCUT2D eigenvalue weighted by atomic mass is 9.94. The fourth-order valence-electron chi connectivity index (χ4n) is 2.73. The average Bonchev–Trinajstić information content (AvgIpc) is 3.03. The van der Waals surface area contributed by atoms with E-state index in [1.807, 2.05) is 18.2 Å². The van der Waals surface area contributed by atoms with Crippen molar-refractivity contribution in [1.82, 2.24) is 19.9 Å². The van der Waals surface area contributed by atoms with Crippen LogP contribution in [0.3, 0.4) is 0 Å². The molecule has 0 aliphatic rings. The maximum absolute atomic E-state index is 12.3. The van der Waals surface area contributed by atoms with Crippen molar-refractivity contribution in [3.8, 4) is 0 Å². The van der Waals surface area contributed by atoms with Gasteiger partial charge in [0.25, 0.3) is 5.56 Å². The summed E-state index contributed by atoms with van der Waals surface area (Å²) in [6.45, 7) is 11.6. The summed E-state index contributed by atoms with van der Waals surface area (Å²) in [5.41, 5.74) is 0.528. The number of fused-ring (bicyclic) bond motifs is 1. The van der Waals surface area contributed by atoms with Gasteiger partial charge in [-0.15, -0.1) is 0 Å². The van der Waals surface area contributed by atoms with E-state index in [-0.39, 0.29) is 17.0 Å². The van der Waals surface area contributed by atoms with Gasteiger partial charge in [-0.1, -0.05) is 32.9 Å². The molecule has 0 unspecified atom stereocenters. The molecule has 0 fully saturated rings. The number of aromatic amines is 1. The van der Waals surface area contributed by atoms with Crippen LogP contribution in [0.2, 0.25) is 0 Å². The third kappa shape index (κ3) is 4.02. The van der Waals surface area contributed by atoms with Gasteiger partial charge in [-0.05, 0) is 26.0 Å². The highest BCUT2D eigenvalue weighted by molar-refractivity contribution is 5.77. The van der Waals surface area contributed by atoms with Crippen LogP contribution in [0.25, 0.3) is 10.9 Å². The Morgan fingerprint density at radius 2 is 1.92 bits per heavy atom. The first kappa shape index (κ1) is 18.3. The predicted octanol–water partition coefficient (Wildman–Crippen LogP) is 3.62. The van der Waals surface area contributed by atoms with E-state index in [0.29, 0.717) is 35.7 Å². The molecule has 6 heteroatoms. The topological polar surface area (TPSA) is 75.0 Å². The third-order valence-electron chi connectivity index (χ3n) is 4.38. The van der Waals surface area contributed by atoms with Crippen molar-refractivity contribution in [2.24, 2.45) is 0 Å². The molecule has 2 aromatic heterocycles. The van der Waals surface area contributed by atoms with Gasteiger partial charge in [0.05, 0.1) is 30.2 Å². The van der Waals surface area contributed by atoms with Gasteiger partial charge >= 0.3 is 0 Å². The van der Waals surface area contributed by atoms with E-state index >= 15 is 0 Å². The summed E-state index contributed by atoms with van der Waals surface area (Å²) >= 11 is 0. The first-order valence-corrected chi connectivity index (χ1v) is 8.91. The smallest absolute Gasteiger partial charge is 0.258 e. The third-order valence-corrected chi connectivity index (χ3v) is 4.38. The summed E-state index contributed by atoms with van der Waals surface area (Å²) in [6.07, 6.45) is 1.80. The minimum Gasteiger partial charge on any atom is -0.444 e. The van der Waals surface area contributed by atoms with E-state index in [4.69, 9.17) is 4.42 Å². The average molecular weight is 354 g/mol. The number of oxazole rings is 1. The minimum absolute atomic E-state index is 0.0704. The molecule has 0 aliphatic carbocycles. The number of hydrogen-bond donors (Lipinski definition) is 1. The van der Waals surface area contributed by atoms with Gasteiger partial charge in [-0.25, -0.2) is 9.97 Å². The molecule has 138 valence electrons. The van der Waals surface area contributed by atoms with Crippen LogP contribution < -0.4 is 5.56 Å². The number of rotatable bonds is 5. The fourth-order valence-corrected chi connectivity index (χ4v) is 2.73. The maximum Gasteiger partial charge on any atom is 0.258 e. The molecule has 0 bridgehead atoms. The van der Waals surface area contributed by atoms with E-state index < -0.39 is 0 Å². The Labute approximate surface area is 153 Å². The van der Waals surface area contributed by atoms with E-state index in [9.17, 15) is 4.79 Å². The molecule has 0 aliphatic heterocycles. The number of benzene rings is 1. The Hall–Kier alpha value is -2.47. The van der Waals surface area contributed by atoms with E-state index in [0.717, 1.165) is 5.76 Å². The van der Waals surface area contributed by atoms with Crippen molar-refractivity contribution in [1.29, 1.82) is 0 Å². The zero-order valence-corrected chi connectivity index (χ0v) is 16.0. The molecule has 3 rings (SSSR count). The second kappa shape index (κ2) is 7.03. The second-order valence-electron chi connectivity index (χ2n) is 7.90. The molecule has 3 aromatic rings. The molecule has 0 radical (unpaired) electrons. The SMILES string of the molecule is CC(C)N(Cc1nc2ccccc2c(=O)[nH]1)Cc1ncc(C(C)(C)C)o1. The Kier molecular flexibility index (Phi) is 4.96. The highest BCUT2D eigenvalue weighted by Gasteiger charge is 2.21. The van der Waals surface area contributed by atoms with Crippen molar-refractivity contribution in [3.63, 3.8) is 0 Å². The second-order valence-corrected chi connectivity index (χ2v) is 7.90. The molecule has 0 spiro atoms. The van der Waals surface area contributed by atoms with Gasteiger partial charge in [0.1, 0.15) is 11.6 Å². The molecule has 1 aromatic carbocycles. The van der Waals surface area contributed by atoms with Crippen LogP contribution in [-0.4, -0.2) is 25.9 Å². The van der Waals surface area contributed by atoms with Crippen LogP contribution in [0.15, 0.2) is 39.7 Å². The number of para-hydroxylation sites is 1. The minimum atomic E-state index is -0.111. The van der Waals surface area contributed by atoms with E-state index in [1.54, 1.807) is 12.3 Å². The van der Waals surface area contributed by atoms with E-state index in [2.05, 4.69) is 54.5 Å². The lowest BCUT2D eigenvalue weighted by Crippen LogP contribution is -2.31. The number of aromatic nitrogens is 3. The largest absolute Gasteiger partial charge is 0.444 e. The van der Waals surface area contributed by atoms with Gasteiger partial charge < -0.3 is 9.40 Å². The normalized spacial score (nSPS) is 12.4. The Bertz CT molecular complexity index is 950. The quantitative estimate of drug-likeness (QED) is 0.757. The van der Waals surface area contributed by atoms with Crippen LogP contribution >= 0.6 is 0 Å². The van der Waals surface area contributed by atoms with Gasteiger partial charge in [0, 0.05) is 11.5 Å². The number of nitrogens with zero attached hydrogens (tertiary/aromatic N) is 3. The van der Waals surface area contributed by atoms with Crippen molar-refractivity contribution >= 4 is 10.9 Å². The van der Waals surface area contributed by atoms with Crippen molar-refractivity contribution in [3.05, 3.63) is 58.3 Å². The zero-order chi connectivity index (χ0) is 18.9. The Morgan fingerprint density at radius 1 is 1.19 bits per heavy atom. The van der Waals surface area contributed by atoms with Crippen LogP contribution in [0.1, 0.15) is 52.1 Å². The predicted molar refractivity (Wildman–Crippen MR) is 102 cm³/mol. The zero-order valence-electron chi connectivity index (χ0n) is 16.0. The van der Waals surface area contributed by atoms with Gasteiger partial charge in [-0.2, -0.15) is 0 Å². The number of H-pyrrole nitrogens is 1. The highest BCUT2D eigenvalue weighted by Crippen LogP contribution is 2.23. The molecule has 2 heterocycles. The molecule has 0 atom stereocenters. The van der Waals surface area contributed by atoms with Crippen molar-refractivity contribution < 1.29 is 4.42 Å². The standard InChI is InChI=1S/C20H26N4O2/c1-13(2)24(12-18-21-10-16(26-18)20(3,4)5)11-17-22-15-9-7-6-8-14(15)19(25)23-17/h6-10,13H,11-12H2,1-5H3,(H,22,23,25). The van der Waals surface area contributed by atoms with Crippen LogP contribution in [0, 0.1) is 0 Å². The number of nitrogens with one attached hydrogen (secondary N) is 1. The molecule has 6 nitrogen and oxygen atoms in total. The molecule has 1 N–H and O–H groups in total. The van der Waals surface area contributed by atoms with Crippen molar-refractivity contribution in [2.75, 3.05) is 0 Å². The van der Waals surface area contributed by atoms with E-state index in [1.165, 1.54) is 0 Å². The fraction of sp³-hybridized carbons (Fsp3) is 0.450. The highest BCUT2D eigenvalue weighted by atomic mass is 16.4. The summed E-state index contributed by atoms with van der Waals surface area (Å²) in [6, 6.07) is 7.62. The van der Waals surface area contributed by atoms with Crippen LogP contribution in [0.5, 0.6) is 0 Å². The summed E-state index contributed by atoms with van der Waals surface area (Å²) < 4.78 is 5.92. The molecular weight excluding hydrogens is 328 g/mol. The maximum atomic E-state index is 12.3. The molecule has 0 amide bonds. The molecule has 26 heavy (non-hydrogen) atoms. The summed E-state index contributed by atoms with van der Waals surface area (Å²) in [4.78, 5) is 26.4. The van der Waals surface area contributed by atoms with Crippen LogP contribution in [0.4, 0.5) is 0 Å². The van der Waals surface area contributed by atoms with Crippen LogP contribution in [-0.2, 0) is 18.5 Å². The lowest BCUT2D eigenvalue weighted by Gasteiger charge is -2.24. The lowest BCUT2D eigenvalue weighted by molar-refractivity contribution is 0.176. The Morgan fingerprint density at radius 3 is 2.58 bits per heavy atom.